The molecule has 2 rings (SSSR count). The van der Waals surface area contributed by atoms with E-state index in [0.29, 0.717) is 31.8 Å². The summed E-state index contributed by atoms with van der Waals surface area (Å²) in [6.07, 6.45) is 0.503. The Hall–Kier alpha value is -2.04. The third kappa shape index (κ3) is 7.71. The van der Waals surface area contributed by atoms with Crippen LogP contribution in [0.15, 0.2) is 29.3 Å². The molecule has 0 saturated carbocycles. The third-order valence-electron chi connectivity index (χ3n) is 4.52. The van der Waals surface area contributed by atoms with Crippen LogP contribution in [0.3, 0.4) is 0 Å². The summed E-state index contributed by atoms with van der Waals surface area (Å²) in [7, 11) is 1.63. The van der Waals surface area contributed by atoms with E-state index >= 15 is 0 Å². The molecule has 1 aromatic rings. The number of benzene rings is 1. The molecule has 1 aliphatic rings. The van der Waals surface area contributed by atoms with E-state index < -0.39 is 0 Å². The number of aliphatic imine (C=N–C) groups is 1. The van der Waals surface area contributed by atoms with Crippen LogP contribution in [0.2, 0.25) is 0 Å². The van der Waals surface area contributed by atoms with Crippen LogP contribution in [0.4, 0.5) is 4.79 Å². The number of hydrogen-bond acceptors (Lipinski definition) is 4. The topological polar surface area (TPSA) is 86.3 Å². The highest BCUT2D eigenvalue weighted by atomic mass is 127. The minimum Gasteiger partial charge on any atom is -0.450 e. The number of hydrogen-bond donors (Lipinski definition) is 2. The van der Waals surface area contributed by atoms with E-state index in [1.165, 1.54) is 0 Å². The molecule has 1 saturated heterocycles. The fourth-order valence-electron chi connectivity index (χ4n) is 3.04. The predicted molar refractivity (Wildman–Crippen MR) is 125 cm³/mol. The molecule has 0 unspecified atom stereocenters. The van der Waals surface area contributed by atoms with Crippen molar-refractivity contribution >= 4 is 41.9 Å². The van der Waals surface area contributed by atoms with E-state index in [1.807, 2.05) is 32.0 Å². The lowest BCUT2D eigenvalue weighted by molar-refractivity contribution is 0.0913. The smallest absolute Gasteiger partial charge is 0.409 e. The van der Waals surface area contributed by atoms with Gasteiger partial charge in [0.05, 0.1) is 6.61 Å². The van der Waals surface area contributed by atoms with E-state index in [0.717, 1.165) is 37.6 Å². The zero-order valence-corrected chi connectivity index (χ0v) is 19.8. The fourth-order valence-corrected chi connectivity index (χ4v) is 3.04. The lowest BCUT2D eigenvalue weighted by Crippen LogP contribution is -2.54. The molecule has 0 aromatic heterocycles. The number of halogens is 1. The Kier molecular flexibility index (Phi) is 11.4. The molecular formula is C20H32IN5O3. The van der Waals surface area contributed by atoms with Crippen LogP contribution in [0.1, 0.15) is 29.8 Å². The number of carbonyl (C=O) groups is 2. The number of ether oxygens (including phenoxy) is 1. The van der Waals surface area contributed by atoms with Crippen LogP contribution in [0, 0.1) is 0 Å². The molecule has 0 radical (unpaired) electrons. The molecule has 8 nitrogen and oxygen atoms in total. The van der Waals surface area contributed by atoms with E-state index in [-0.39, 0.29) is 36.0 Å². The number of guanidine groups is 1. The van der Waals surface area contributed by atoms with Gasteiger partial charge in [-0.15, -0.1) is 24.0 Å². The first-order valence-electron chi connectivity index (χ1n) is 9.85. The van der Waals surface area contributed by atoms with Gasteiger partial charge < -0.3 is 25.2 Å². The van der Waals surface area contributed by atoms with Crippen LogP contribution in [-0.4, -0.2) is 80.7 Å². The summed E-state index contributed by atoms with van der Waals surface area (Å²) in [6, 6.07) is 7.61. The van der Waals surface area contributed by atoms with Gasteiger partial charge in [0.15, 0.2) is 5.96 Å². The molecule has 2 amide bonds. The highest BCUT2D eigenvalue weighted by Crippen LogP contribution is 2.08. The zero-order chi connectivity index (χ0) is 20.4. The number of amides is 2. The molecular weight excluding hydrogens is 485 g/mol. The molecule has 1 fully saturated rings. The summed E-state index contributed by atoms with van der Waals surface area (Å²) < 4.78 is 5.07. The van der Waals surface area contributed by atoms with Crippen LogP contribution in [0.25, 0.3) is 0 Å². The Morgan fingerprint density at radius 2 is 1.83 bits per heavy atom. The second kappa shape index (κ2) is 13.2. The highest BCUT2D eigenvalue weighted by Gasteiger charge is 2.23. The summed E-state index contributed by atoms with van der Waals surface area (Å²) in [5.74, 6) is 0.770. The molecule has 29 heavy (non-hydrogen) atoms. The van der Waals surface area contributed by atoms with Gasteiger partial charge in [-0.05, 0) is 38.0 Å². The molecule has 162 valence electrons. The molecule has 0 bridgehead atoms. The van der Waals surface area contributed by atoms with E-state index in [4.69, 9.17) is 9.73 Å². The second-order valence-electron chi connectivity index (χ2n) is 6.44. The fraction of sp³-hybridized carbons (Fsp3) is 0.550. The Morgan fingerprint density at radius 3 is 2.45 bits per heavy atom. The molecule has 2 N–H and O–H groups in total. The number of piperazine rings is 1. The van der Waals surface area contributed by atoms with Crippen molar-refractivity contribution in [2.75, 3.05) is 52.9 Å². The second-order valence-corrected chi connectivity index (χ2v) is 6.44. The van der Waals surface area contributed by atoms with Crippen LogP contribution >= 0.6 is 24.0 Å². The molecule has 0 atom stereocenters. The van der Waals surface area contributed by atoms with Crippen LogP contribution < -0.4 is 10.6 Å². The van der Waals surface area contributed by atoms with E-state index in [9.17, 15) is 9.59 Å². The lowest BCUT2D eigenvalue weighted by Gasteiger charge is -2.35. The predicted octanol–water partition coefficient (Wildman–Crippen LogP) is 1.95. The molecule has 9 heteroatoms. The maximum absolute atomic E-state index is 11.8. The van der Waals surface area contributed by atoms with Crippen molar-refractivity contribution < 1.29 is 14.3 Å². The SMILES string of the molecule is CCNC(=NCCc1cccc(C(=O)NC)c1)N1CCN(C(=O)OCC)CC1.I. The maximum atomic E-state index is 11.8. The van der Waals surface area contributed by atoms with Gasteiger partial charge in [-0.3, -0.25) is 9.79 Å². The molecule has 0 spiro atoms. The van der Waals surface area contributed by atoms with Crippen molar-refractivity contribution in [2.45, 2.75) is 20.3 Å². The van der Waals surface area contributed by atoms with Crippen molar-refractivity contribution in [1.29, 1.82) is 0 Å². The van der Waals surface area contributed by atoms with Crippen molar-refractivity contribution in [2.24, 2.45) is 4.99 Å². The molecule has 1 aliphatic heterocycles. The van der Waals surface area contributed by atoms with Crippen molar-refractivity contribution in [3.05, 3.63) is 35.4 Å². The quantitative estimate of drug-likeness (QED) is 0.343. The number of rotatable bonds is 6. The Morgan fingerprint density at radius 1 is 1.14 bits per heavy atom. The van der Waals surface area contributed by atoms with Crippen molar-refractivity contribution in [1.82, 2.24) is 20.4 Å². The van der Waals surface area contributed by atoms with Gasteiger partial charge >= 0.3 is 6.09 Å². The Bertz CT molecular complexity index is 690. The van der Waals surface area contributed by atoms with Crippen molar-refractivity contribution in [3.63, 3.8) is 0 Å². The monoisotopic (exact) mass is 517 g/mol. The average molecular weight is 517 g/mol. The molecule has 0 aliphatic carbocycles. The van der Waals surface area contributed by atoms with Gasteiger partial charge in [0.2, 0.25) is 0 Å². The van der Waals surface area contributed by atoms with Gasteiger partial charge in [0, 0.05) is 51.9 Å². The van der Waals surface area contributed by atoms with Crippen LogP contribution in [0.5, 0.6) is 0 Å². The van der Waals surface area contributed by atoms with Gasteiger partial charge in [-0.1, -0.05) is 12.1 Å². The van der Waals surface area contributed by atoms with Gasteiger partial charge in [0.25, 0.3) is 5.91 Å². The first-order valence-corrected chi connectivity index (χ1v) is 9.85. The number of nitrogens with zero attached hydrogens (tertiary/aromatic N) is 3. The molecule has 1 heterocycles. The number of carbonyl (C=O) groups excluding carboxylic acids is 2. The summed E-state index contributed by atoms with van der Waals surface area (Å²) in [5, 5.41) is 5.97. The summed E-state index contributed by atoms with van der Waals surface area (Å²) in [5.41, 5.74) is 1.74. The summed E-state index contributed by atoms with van der Waals surface area (Å²) in [6.45, 7) is 8.33. The molecule has 1 aromatic carbocycles. The highest BCUT2D eigenvalue weighted by molar-refractivity contribution is 14.0. The minimum atomic E-state index is -0.250. The normalized spacial score (nSPS) is 14.1. The Labute approximate surface area is 190 Å². The largest absolute Gasteiger partial charge is 0.450 e. The Balaban J connectivity index is 0.00000420. The van der Waals surface area contributed by atoms with E-state index in [1.54, 1.807) is 18.0 Å². The van der Waals surface area contributed by atoms with Crippen LogP contribution in [-0.2, 0) is 11.2 Å². The summed E-state index contributed by atoms with van der Waals surface area (Å²) in [4.78, 5) is 32.2. The van der Waals surface area contributed by atoms with Crippen molar-refractivity contribution in [3.8, 4) is 0 Å². The number of nitrogens with one attached hydrogen (secondary N) is 2. The maximum Gasteiger partial charge on any atom is 0.409 e. The standard InChI is InChI=1S/C20H31N5O3.HI/c1-4-22-19(24-11-13-25(14-12-24)20(27)28-5-2)23-10-9-16-7-6-8-17(15-16)18(26)21-3;/h6-8,15H,4-5,9-14H2,1-3H3,(H,21,26)(H,22,23);1H. The minimum absolute atomic E-state index is 0. The lowest BCUT2D eigenvalue weighted by atomic mass is 10.1. The average Bonchev–Trinajstić information content (AvgIpc) is 2.73. The zero-order valence-electron chi connectivity index (χ0n) is 17.4. The third-order valence-corrected chi connectivity index (χ3v) is 4.52. The van der Waals surface area contributed by atoms with E-state index in [2.05, 4.69) is 15.5 Å². The first-order chi connectivity index (χ1) is 13.6. The van der Waals surface area contributed by atoms with Gasteiger partial charge in [-0.25, -0.2) is 4.79 Å². The van der Waals surface area contributed by atoms with Gasteiger partial charge in [-0.2, -0.15) is 0 Å². The summed E-state index contributed by atoms with van der Waals surface area (Å²) >= 11 is 0. The first kappa shape index (κ1) is 25.0. The van der Waals surface area contributed by atoms with Gasteiger partial charge in [0.1, 0.15) is 0 Å².